The van der Waals surface area contributed by atoms with Gasteiger partial charge >= 0.3 is 7.60 Å². The molecule has 1 unspecified atom stereocenters. The van der Waals surface area contributed by atoms with Crippen LogP contribution in [0.4, 0.5) is 8.78 Å². The summed E-state index contributed by atoms with van der Waals surface area (Å²) in [5, 5.41) is 0. The van der Waals surface area contributed by atoms with Crippen molar-refractivity contribution in [2.24, 2.45) is 0 Å². The lowest BCUT2D eigenvalue weighted by Crippen LogP contribution is -1.92. The van der Waals surface area contributed by atoms with E-state index in [1.54, 1.807) is 0 Å². The number of allylic oxidation sites excluding steroid dienone is 1. The molecule has 0 aliphatic heterocycles. The molecule has 0 fully saturated rings. The van der Waals surface area contributed by atoms with Crippen LogP contribution in [0.2, 0.25) is 0 Å². The van der Waals surface area contributed by atoms with Gasteiger partial charge in [-0.2, -0.15) is 0 Å². The van der Waals surface area contributed by atoms with Gasteiger partial charge in [-0.25, -0.2) is 8.78 Å². The molecule has 0 saturated heterocycles. The van der Waals surface area contributed by atoms with E-state index in [2.05, 4.69) is 4.52 Å². The summed E-state index contributed by atoms with van der Waals surface area (Å²) >= 11 is 0. The van der Waals surface area contributed by atoms with Crippen LogP contribution >= 0.6 is 7.60 Å². The minimum absolute atomic E-state index is 0.150. The van der Waals surface area contributed by atoms with Crippen LogP contribution in [0.3, 0.4) is 0 Å². The van der Waals surface area contributed by atoms with Crippen LogP contribution in [0.25, 0.3) is 0 Å². The quantitative estimate of drug-likeness (QED) is 0.688. The summed E-state index contributed by atoms with van der Waals surface area (Å²) < 4.78 is 37.8. The lowest BCUT2D eigenvalue weighted by atomic mass is 10.7. The highest BCUT2D eigenvalue weighted by atomic mass is 31.2. The SMILES string of the molecule is O=P(O)(CC=CF)OCC=CF. The van der Waals surface area contributed by atoms with Gasteiger partial charge in [-0.3, -0.25) is 4.57 Å². The molecule has 1 N–H and O–H groups in total. The zero-order valence-electron chi connectivity index (χ0n) is 6.19. The Balaban J connectivity index is 3.79. The third kappa shape index (κ3) is 6.22. The van der Waals surface area contributed by atoms with Crippen LogP contribution in [0.5, 0.6) is 0 Å². The first-order valence-corrected chi connectivity index (χ1v) is 4.85. The summed E-state index contributed by atoms with van der Waals surface area (Å²) in [7, 11) is -3.78. The smallest absolute Gasteiger partial charge is 0.324 e. The highest BCUT2D eigenvalue weighted by Gasteiger charge is 2.15. The molecule has 6 heteroatoms. The minimum Gasteiger partial charge on any atom is -0.324 e. The summed E-state index contributed by atoms with van der Waals surface area (Å²) in [6, 6.07) is 0. The van der Waals surface area contributed by atoms with Crippen molar-refractivity contribution in [3.8, 4) is 0 Å². The van der Waals surface area contributed by atoms with Crippen LogP contribution in [0, 0.1) is 0 Å². The Hall–Kier alpha value is -0.510. The standard InChI is InChI=1S/C6H9F2O3P/c7-3-1-5-11-12(9,10)6-2-4-8/h1-4H,5-6H2,(H,9,10). The van der Waals surface area contributed by atoms with E-state index in [1.165, 1.54) is 0 Å². The predicted molar refractivity (Wildman–Crippen MR) is 41.1 cm³/mol. The number of rotatable bonds is 5. The average Bonchev–Trinajstić information content (AvgIpc) is 2.01. The molecule has 0 aliphatic carbocycles. The summed E-state index contributed by atoms with van der Waals surface area (Å²) in [6.07, 6.45) is 1.73. The van der Waals surface area contributed by atoms with E-state index in [0.717, 1.165) is 12.2 Å². The molecule has 0 bridgehead atoms. The summed E-state index contributed by atoms with van der Waals surface area (Å²) in [5.74, 6) is 0. The van der Waals surface area contributed by atoms with Crippen molar-refractivity contribution >= 4 is 7.60 Å². The maximum atomic E-state index is 11.4. The van der Waals surface area contributed by atoms with E-state index in [4.69, 9.17) is 4.89 Å². The Morgan fingerprint density at radius 2 is 1.92 bits per heavy atom. The van der Waals surface area contributed by atoms with E-state index in [1.807, 2.05) is 0 Å². The summed E-state index contributed by atoms with van der Waals surface area (Å²) in [5.41, 5.74) is 0. The Morgan fingerprint density at radius 1 is 1.33 bits per heavy atom. The number of hydrogen-bond acceptors (Lipinski definition) is 2. The molecule has 0 aliphatic rings. The molecule has 0 rings (SSSR count). The number of halogens is 2. The molecule has 70 valence electrons. The summed E-state index contributed by atoms with van der Waals surface area (Å²) in [6.45, 7) is -0.301. The van der Waals surface area contributed by atoms with Gasteiger partial charge in [-0.05, 0) is 12.2 Å². The van der Waals surface area contributed by atoms with E-state index >= 15 is 0 Å². The van der Waals surface area contributed by atoms with Crippen LogP contribution in [-0.2, 0) is 9.09 Å². The Bertz CT molecular complexity index is 215. The van der Waals surface area contributed by atoms with Gasteiger partial charge in [0.15, 0.2) is 0 Å². The third-order valence-electron chi connectivity index (χ3n) is 0.887. The minimum atomic E-state index is -3.78. The lowest BCUT2D eigenvalue weighted by Gasteiger charge is -2.06. The van der Waals surface area contributed by atoms with Crippen molar-refractivity contribution < 1.29 is 22.8 Å². The third-order valence-corrected chi connectivity index (χ3v) is 2.11. The second-order valence-electron chi connectivity index (χ2n) is 1.84. The van der Waals surface area contributed by atoms with E-state index in [-0.39, 0.29) is 19.3 Å². The first kappa shape index (κ1) is 11.5. The van der Waals surface area contributed by atoms with Crippen LogP contribution in [-0.4, -0.2) is 17.7 Å². The second kappa shape index (κ2) is 6.06. The Morgan fingerprint density at radius 3 is 2.42 bits per heavy atom. The molecule has 0 aromatic carbocycles. The van der Waals surface area contributed by atoms with Gasteiger partial charge in [0.2, 0.25) is 0 Å². The molecule has 0 aromatic heterocycles. The first-order chi connectivity index (χ1) is 5.62. The zero-order valence-corrected chi connectivity index (χ0v) is 7.08. The largest absolute Gasteiger partial charge is 0.332 e. The summed E-state index contributed by atoms with van der Waals surface area (Å²) in [4.78, 5) is 8.83. The van der Waals surface area contributed by atoms with Gasteiger partial charge in [0.05, 0.1) is 25.4 Å². The molecule has 12 heavy (non-hydrogen) atoms. The molecule has 0 heterocycles. The van der Waals surface area contributed by atoms with Gasteiger partial charge in [0, 0.05) is 0 Å². The molecule has 0 radical (unpaired) electrons. The number of hydrogen-bond donors (Lipinski definition) is 1. The van der Waals surface area contributed by atoms with Crippen molar-refractivity contribution in [1.29, 1.82) is 0 Å². The highest BCUT2D eigenvalue weighted by Crippen LogP contribution is 2.41. The van der Waals surface area contributed by atoms with Crippen molar-refractivity contribution in [2.75, 3.05) is 12.8 Å². The average molecular weight is 198 g/mol. The van der Waals surface area contributed by atoms with Gasteiger partial charge < -0.3 is 9.42 Å². The van der Waals surface area contributed by atoms with E-state index in [9.17, 15) is 13.3 Å². The molecule has 0 spiro atoms. The fourth-order valence-electron chi connectivity index (χ4n) is 0.422. The maximum Gasteiger partial charge on any atom is 0.332 e. The highest BCUT2D eigenvalue weighted by molar-refractivity contribution is 7.53. The van der Waals surface area contributed by atoms with Crippen molar-refractivity contribution in [3.05, 3.63) is 24.8 Å². The molecular formula is C6H9F2O3P. The van der Waals surface area contributed by atoms with Crippen LogP contribution in [0.15, 0.2) is 24.8 Å². The first-order valence-electron chi connectivity index (χ1n) is 3.09. The molecule has 1 atom stereocenters. The van der Waals surface area contributed by atoms with Gasteiger partial charge in [-0.15, -0.1) is 0 Å². The van der Waals surface area contributed by atoms with Crippen LogP contribution in [0.1, 0.15) is 0 Å². The topological polar surface area (TPSA) is 46.5 Å². The van der Waals surface area contributed by atoms with E-state index in [0.29, 0.717) is 0 Å². The van der Waals surface area contributed by atoms with Crippen molar-refractivity contribution in [3.63, 3.8) is 0 Å². The second-order valence-corrected chi connectivity index (χ2v) is 3.74. The fourth-order valence-corrected chi connectivity index (χ4v) is 1.19. The van der Waals surface area contributed by atoms with E-state index < -0.39 is 13.8 Å². The van der Waals surface area contributed by atoms with Crippen molar-refractivity contribution in [2.45, 2.75) is 0 Å². The normalized spacial score (nSPS) is 17.2. The maximum absolute atomic E-state index is 11.4. The molecular weight excluding hydrogens is 189 g/mol. The van der Waals surface area contributed by atoms with Gasteiger partial charge in [0.1, 0.15) is 0 Å². The lowest BCUT2D eigenvalue weighted by molar-refractivity contribution is 0.289. The Labute approximate surface area is 68.9 Å². The molecule has 0 amide bonds. The molecule has 3 nitrogen and oxygen atoms in total. The van der Waals surface area contributed by atoms with Gasteiger partial charge in [0.25, 0.3) is 0 Å². The predicted octanol–water partition coefficient (Wildman–Crippen LogP) is 2.15. The zero-order chi connectivity index (χ0) is 9.45. The monoisotopic (exact) mass is 198 g/mol. The van der Waals surface area contributed by atoms with Crippen molar-refractivity contribution in [1.82, 2.24) is 0 Å². The van der Waals surface area contributed by atoms with Gasteiger partial charge in [-0.1, -0.05) is 0 Å². The Kier molecular flexibility index (Phi) is 5.80. The molecule has 0 aromatic rings. The van der Waals surface area contributed by atoms with Crippen LogP contribution < -0.4 is 0 Å². The fraction of sp³-hybridized carbons (Fsp3) is 0.333. The molecule has 0 saturated carbocycles.